The van der Waals surface area contributed by atoms with E-state index in [1.165, 1.54) is 17.9 Å². The van der Waals surface area contributed by atoms with Gasteiger partial charge in [-0.1, -0.05) is 30.3 Å². The number of hydrogen-bond donors (Lipinski definition) is 2. The number of hydrogen-bond acceptors (Lipinski definition) is 5. The molecule has 1 aliphatic heterocycles. The average Bonchev–Trinajstić information content (AvgIpc) is 3.15. The molecule has 7 nitrogen and oxygen atoms in total. The zero-order valence-electron chi connectivity index (χ0n) is 14.0. The molecular formula is C17H18N2O5S2. The first-order chi connectivity index (χ1) is 12.3. The van der Waals surface area contributed by atoms with Crippen LogP contribution in [0.15, 0.2) is 46.0 Å². The lowest BCUT2D eigenvalue weighted by Crippen LogP contribution is -2.54. The highest BCUT2D eigenvalue weighted by molar-refractivity contribution is 7.91. The van der Waals surface area contributed by atoms with Crippen molar-refractivity contribution in [1.82, 2.24) is 9.62 Å². The van der Waals surface area contributed by atoms with E-state index in [4.69, 9.17) is 0 Å². The molecule has 2 N–H and O–H groups in total. The minimum atomic E-state index is -3.82. The maximum absolute atomic E-state index is 12.8. The summed E-state index contributed by atoms with van der Waals surface area (Å²) in [5.74, 6) is -1.67. The number of carbonyl (C=O) groups excluding carboxylic acids is 1. The molecule has 0 radical (unpaired) electrons. The molecule has 0 aliphatic carbocycles. The summed E-state index contributed by atoms with van der Waals surface area (Å²) in [4.78, 5) is 25.7. The maximum atomic E-state index is 12.8. The van der Waals surface area contributed by atoms with Crippen LogP contribution in [0.5, 0.6) is 0 Å². The molecule has 1 amide bonds. The van der Waals surface area contributed by atoms with Gasteiger partial charge in [0.25, 0.3) is 10.0 Å². The van der Waals surface area contributed by atoms with E-state index in [-0.39, 0.29) is 17.2 Å². The highest BCUT2D eigenvalue weighted by Gasteiger charge is 2.37. The van der Waals surface area contributed by atoms with Crippen LogP contribution >= 0.6 is 11.3 Å². The standard InChI is InChI=1S/C17H18N2O5S2/c1-11(18-26(23,24)15-7-4-8-25-15)16(20)19-10-13-6-3-2-5-12(13)9-14(19)17(21)22/h2-8,11,14,18H,9-10H2,1H3,(H,21,22). The Labute approximate surface area is 155 Å². The quantitative estimate of drug-likeness (QED) is 0.799. The van der Waals surface area contributed by atoms with E-state index in [1.807, 2.05) is 24.3 Å². The van der Waals surface area contributed by atoms with Gasteiger partial charge in [-0.2, -0.15) is 4.72 Å². The molecule has 0 fully saturated rings. The van der Waals surface area contributed by atoms with Crippen molar-refractivity contribution in [3.63, 3.8) is 0 Å². The van der Waals surface area contributed by atoms with Crippen LogP contribution in [0.25, 0.3) is 0 Å². The molecule has 2 heterocycles. The van der Waals surface area contributed by atoms with Crippen molar-refractivity contribution in [2.75, 3.05) is 0 Å². The third-order valence-electron chi connectivity index (χ3n) is 4.28. The van der Waals surface area contributed by atoms with Gasteiger partial charge >= 0.3 is 5.97 Å². The number of carboxylic acids is 1. The van der Waals surface area contributed by atoms with Gasteiger partial charge in [-0.3, -0.25) is 4.79 Å². The molecule has 0 saturated carbocycles. The third-order valence-corrected chi connectivity index (χ3v) is 7.22. The summed E-state index contributed by atoms with van der Waals surface area (Å²) in [5.41, 5.74) is 1.75. The van der Waals surface area contributed by atoms with Crippen LogP contribution in [0.1, 0.15) is 18.1 Å². The lowest BCUT2D eigenvalue weighted by atomic mass is 9.93. The molecule has 2 unspecified atom stereocenters. The van der Waals surface area contributed by atoms with E-state index in [0.717, 1.165) is 22.5 Å². The molecule has 0 saturated heterocycles. The van der Waals surface area contributed by atoms with Crippen molar-refractivity contribution in [3.05, 3.63) is 52.9 Å². The van der Waals surface area contributed by atoms with Gasteiger partial charge in [0.05, 0.1) is 6.04 Å². The lowest BCUT2D eigenvalue weighted by Gasteiger charge is -2.36. The second-order valence-electron chi connectivity index (χ2n) is 6.07. The minimum absolute atomic E-state index is 0.107. The Kier molecular flexibility index (Phi) is 5.12. The van der Waals surface area contributed by atoms with E-state index in [9.17, 15) is 23.1 Å². The number of aliphatic carboxylic acids is 1. The van der Waals surface area contributed by atoms with Gasteiger partial charge in [0.1, 0.15) is 10.3 Å². The Balaban J connectivity index is 1.82. The lowest BCUT2D eigenvalue weighted by molar-refractivity contribution is -0.152. The Morgan fingerprint density at radius 1 is 1.23 bits per heavy atom. The van der Waals surface area contributed by atoms with Crippen molar-refractivity contribution in [1.29, 1.82) is 0 Å². The monoisotopic (exact) mass is 394 g/mol. The molecule has 1 aliphatic rings. The summed E-state index contributed by atoms with van der Waals surface area (Å²) in [6.07, 6.45) is 0.196. The van der Waals surface area contributed by atoms with Crippen molar-refractivity contribution in [3.8, 4) is 0 Å². The average molecular weight is 394 g/mol. The van der Waals surface area contributed by atoms with Crippen LogP contribution < -0.4 is 4.72 Å². The van der Waals surface area contributed by atoms with Crippen LogP contribution in [-0.2, 0) is 32.6 Å². The number of carboxylic acid groups (broad SMARTS) is 1. The number of carbonyl (C=O) groups is 2. The molecule has 26 heavy (non-hydrogen) atoms. The Morgan fingerprint density at radius 2 is 1.92 bits per heavy atom. The minimum Gasteiger partial charge on any atom is -0.480 e. The topological polar surface area (TPSA) is 104 Å². The van der Waals surface area contributed by atoms with Gasteiger partial charge in [-0.15, -0.1) is 11.3 Å². The number of sulfonamides is 1. The number of nitrogens with one attached hydrogen (secondary N) is 1. The summed E-state index contributed by atoms with van der Waals surface area (Å²) >= 11 is 1.05. The van der Waals surface area contributed by atoms with Crippen LogP contribution in [0.3, 0.4) is 0 Å². The van der Waals surface area contributed by atoms with E-state index in [1.54, 1.807) is 11.4 Å². The first kappa shape index (κ1) is 18.6. The molecule has 2 aromatic rings. The molecule has 9 heteroatoms. The van der Waals surface area contributed by atoms with Crippen molar-refractivity contribution < 1.29 is 23.1 Å². The summed E-state index contributed by atoms with van der Waals surface area (Å²) in [6.45, 7) is 1.56. The molecular weight excluding hydrogens is 376 g/mol. The number of rotatable bonds is 5. The van der Waals surface area contributed by atoms with Crippen LogP contribution in [-0.4, -0.2) is 42.4 Å². The fourth-order valence-corrected chi connectivity index (χ4v) is 5.19. The third kappa shape index (κ3) is 3.64. The maximum Gasteiger partial charge on any atom is 0.326 e. The molecule has 138 valence electrons. The normalized spacial score (nSPS) is 18.2. The van der Waals surface area contributed by atoms with Gasteiger partial charge in [-0.05, 0) is 29.5 Å². The fraction of sp³-hybridized carbons (Fsp3) is 0.294. The highest BCUT2D eigenvalue weighted by atomic mass is 32.2. The smallest absolute Gasteiger partial charge is 0.326 e. The summed E-state index contributed by atoms with van der Waals surface area (Å²) in [5, 5.41) is 11.1. The fourth-order valence-electron chi connectivity index (χ4n) is 2.98. The van der Waals surface area contributed by atoms with Crippen molar-refractivity contribution in [2.24, 2.45) is 0 Å². The number of nitrogens with zero attached hydrogens (tertiary/aromatic N) is 1. The Morgan fingerprint density at radius 3 is 2.54 bits per heavy atom. The largest absolute Gasteiger partial charge is 0.480 e. The van der Waals surface area contributed by atoms with Gasteiger partial charge < -0.3 is 10.0 Å². The van der Waals surface area contributed by atoms with Gasteiger partial charge in [0.15, 0.2) is 0 Å². The number of thiophene rings is 1. The van der Waals surface area contributed by atoms with E-state index >= 15 is 0 Å². The van der Waals surface area contributed by atoms with Crippen molar-refractivity contribution in [2.45, 2.75) is 36.2 Å². The van der Waals surface area contributed by atoms with Gasteiger partial charge in [0.2, 0.25) is 5.91 Å². The Hall–Kier alpha value is -2.23. The number of amides is 1. The molecule has 1 aromatic carbocycles. The first-order valence-electron chi connectivity index (χ1n) is 7.95. The summed E-state index contributed by atoms with van der Waals surface area (Å²) in [7, 11) is -3.82. The molecule has 1 aromatic heterocycles. The SMILES string of the molecule is CC(NS(=O)(=O)c1cccs1)C(=O)N1Cc2ccccc2CC1C(=O)O. The molecule has 3 rings (SSSR count). The van der Waals surface area contributed by atoms with E-state index in [0.29, 0.717) is 0 Å². The zero-order chi connectivity index (χ0) is 18.9. The van der Waals surface area contributed by atoms with Crippen molar-refractivity contribution >= 4 is 33.2 Å². The number of fused-ring (bicyclic) bond motifs is 1. The van der Waals surface area contributed by atoms with Crippen LogP contribution in [0.2, 0.25) is 0 Å². The second-order valence-corrected chi connectivity index (χ2v) is 8.96. The molecule has 0 spiro atoms. The van der Waals surface area contributed by atoms with E-state index in [2.05, 4.69) is 4.72 Å². The Bertz CT molecular complexity index is 924. The van der Waals surface area contributed by atoms with E-state index < -0.39 is 34.0 Å². The van der Waals surface area contributed by atoms with Gasteiger partial charge in [0, 0.05) is 13.0 Å². The summed E-state index contributed by atoms with van der Waals surface area (Å²) in [6, 6.07) is 8.29. The van der Waals surface area contributed by atoms with Gasteiger partial charge in [-0.25, -0.2) is 13.2 Å². The molecule has 2 atom stereocenters. The second kappa shape index (κ2) is 7.18. The zero-order valence-corrected chi connectivity index (χ0v) is 15.6. The highest BCUT2D eigenvalue weighted by Crippen LogP contribution is 2.24. The number of benzene rings is 1. The predicted molar refractivity (Wildman–Crippen MR) is 96.2 cm³/mol. The van der Waals surface area contributed by atoms with Crippen LogP contribution in [0.4, 0.5) is 0 Å². The van der Waals surface area contributed by atoms with Crippen LogP contribution in [0, 0.1) is 0 Å². The predicted octanol–water partition coefficient (Wildman–Crippen LogP) is 1.45. The first-order valence-corrected chi connectivity index (χ1v) is 10.3. The molecule has 0 bridgehead atoms. The summed E-state index contributed by atoms with van der Waals surface area (Å²) < 4.78 is 27.1.